The Morgan fingerprint density at radius 2 is 1.12 bits per heavy atom. The molecule has 2 rings (SSSR count). The molecule has 0 radical (unpaired) electrons. The second-order valence-corrected chi connectivity index (χ2v) is 5.70. The Hall–Kier alpha value is -3.22. The van der Waals surface area contributed by atoms with E-state index in [2.05, 4.69) is 10.6 Å². The summed E-state index contributed by atoms with van der Waals surface area (Å²) in [5.41, 5.74) is 2.89. The molecular weight excluding hydrogens is 336 g/mol. The Labute approximate surface area is 152 Å². The van der Waals surface area contributed by atoms with E-state index < -0.39 is 11.8 Å². The third-order valence-corrected chi connectivity index (χ3v) is 3.61. The number of amides is 2. The molecule has 2 aromatic rings. The molecule has 7 heteroatoms. The first-order chi connectivity index (χ1) is 12.4. The second kappa shape index (κ2) is 8.24. The number of nitrogens with one attached hydrogen (secondary N) is 2. The summed E-state index contributed by atoms with van der Waals surface area (Å²) >= 11 is 0. The fraction of sp³-hybridized carbons (Fsp3) is 0.263. The molecule has 0 saturated carbocycles. The molecule has 0 heterocycles. The normalized spacial score (nSPS) is 10.0. The fourth-order valence-corrected chi connectivity index (χ4v) is 2.58. The number of rotatable bonds is 5. The fourth-order valence-electron chi connectivity index (χ4n) is 2.58. The minimum Gasteiger partial charge on any atom is -0.493 e. The van der Waals surface area contributed by atoms with Crippen LogP contribution in [0.3, 0.4) is 0 Å². The highest BCUT2D eigenvalue weighted by Gasteiger charge is 2.18. The van der Waals surface area contributed by atoms with E-state index in [-0.39, 0.29) is 0 Å². The Balaban J connectivity index is 2.17. The van der Waals surface area contributed by atoms with Crippen LogP contribution in [0, 0.1) is 13.8 Å². The quantitative estimate of drug-likeness (QED) is 0.803. The zero-order valence-corrected chi connectivity index (χ0v) is 15.4. The first-order valence-corrected chi connectivity index (χ1v) is 7.88. The number of hydrogen-bond donors (Lipinski definition) is 2. The van der Waals surface area contributed by atoms with Crippen molar-refractivity contribution < 1.29 is 23.8 Å². The van der Waals surface area contributed by atoms with Gasteiger partial charge in [0.1, 0.15) is 0 Å². The zero-order chi connectivity index (χ0) is 19.3. The second-order valence-electron chi connectivity index (χ2n) is 5.70. The van der Waals surface area contributed by atoms with E-state index in [0.29, 0.717) is 28.6 Å². The van der Waals surface area contributed by atoms with E-state index in [1.54, 1.807) is 24.3 Å². The van der Waals surface area contributed by atoms with Crippen LogP contribution in [-0.4, -0.2) is 33.1 Å². The summed E-state index contributed by atoms with van der Waals surface area (Å²) in [4.78, 5) is 24.4. The molecule has 0 bridgehead atoms. The van der Waals surface area contributed by atoms with Gasteiger partial charge in [0.2, 0.25) is 5.75 Å². The maximum Gasteiger partial charge on any atom is 0.314 e. The lowest BCUT2D eigenvalue weighted by molar-refractivity contribution is -0.133. The summed E-state index contributed by atoms with van der Waals surface area (Å²) in [5.74, 6) is -0.441. The van der Waals surface area contributed by atoms with E-state index in [1.165, 1.54) is 21.3 Å². The average molecular weight is 358 g/mol. The smallest absolute Gasteiger partial charge is 0.314 e. The van der Waals surface area contributed by atoms with Crippen LogP contribution in [0.5, 0.6) is 17.2 Å². The molecule has 0 saturated heterocycles. The van der Waals surface area contributed by atoms with Crippen molar-refractivity contribution in [1.29, 1.82) is 0 Å². The molecule has 0 aliphatic heterocycles. The van der Waals surface area contributed by atoms with Crippen molar-refractivity contribution in [2.45, 2.75) is 13.8 Å². The lowest BCUT2D eigenvalue weighted by Gasteiger charge is -2.14. The summed E-state index contributed by atoms with van der Waals surface area (Å²) in [6, 6.07) is 8.65. The largest absolute Gasteiger partial charge is 0.493 e. The molecule has 26 heavy (non-hydrogen) atoms. The summed E-state index contributed by atoms with van der Waals surface area (Å²) in [5, 5.41) is 5.11. The molecule has 0 unspecified atom stereocenters. The third-order valence-electron chi connectivity index (χ3n) is 3.61. The minimum atomic E-state index is -0.807. The van der Waals surface area contributed by atoms with Crippen molar-refractivity contribution >= 4 is 23.2 Å². The van der Waals surface area contributed by atoms with Crippen molar-refractivity contribution in [3.63, 3.8) is 0 Å². The van der Waals surface area contributed by atoms with Crippen molar-refractivity contribution in [1.82, 2.24) is 0 Å². The Morgan fingerprint density at radius 1 is 0.692 bits per heavy atom. The average Bonchev–Trinajstić information content (AvgIpc) is 2.59. The highest BCUT2D eigenvalue weighted by molar-refractivity contribution is 6.43. The molecule has 0 spiro atoms. The van der Waals surface area contributed by atoms with Crippen LogP contribution in [0.4, 0.5) is 11.4 Å². The van der Waals surface area contributed by atoms with Crippen LogP contribution in [0.15, 0.2) is 30.3 Å². The maximum absolute atomic E-state index is 12.2. The number of anilines is 2. The van der Waals surface area contributed by atoms with Crippen LogP contribution >= 0.6 is 0 Å². The van der Waals surface area contributed by atoms with E-state index in [9.17, 15) is 9.59 Å². The number of carbonyl (C=O) groups excluding carboxylic acids is 2. The number of methoxy groups -OCH3 is 3. The van der Waals surface area contributed by atoms with Crippen LogP contribution in [0.25, 0.3) is 0 Å². The van der Waals surface area contributed by atoms with Crippen LogP contribution in [0.2, 0.25) is 0 Å². The molecule has 7 nitrogen and oxygen atoms in total. The third kappa shape index (κ3) is 4.44. The monoisotopic (exact) mass is 358 g/mol. The van der Waals surface area contributed by atoms with E-state index in [4.69, 9.17) is 14.2 Å². The molecule has 0 atom stereocenters. The van der Waals surface area contributed by atoms with Gasteiger partial charge in [0.25, 0.3) is 0 Å². The number of benzene rings is 2. The van der Waals surface area contributed by atoms with Gasteiger partial charge in [-0.15, -0.1) is 0 Å². The van der Waals surface area contributed by atoms with Gasteiger partial charge in [-0.25, -0.2) is 0 Å². The summed E-state index contributed by atoms with van der Waals surface area (Å²) in [6.07, 6.45) is 0. The molecule has 2 amide bonds. The first kappa shape index (κ1) is 19.1. The maximum atomic E-state index is 12.2. The molecule has 2 N–H and O–H groups in total. The predicted molar refractivity (Wildman–Crippen MR) is 99.3 cm³/mol. The molecule has 0 aliphatic rings. The van der Waals surface area contributed by atoms with Gasteiger partial charge < -0.3 is 24.8 Å². The van der Waals surface area contributed by atoms with Gasteiger partial charge in [-0.1, -0.05) is 6.07 Å². The highest BCUT2D eigenvalue weighted by atomic mass is 16.5. The Kier molecular flexibility index (Phi) is 6.06. The minimum absolute atomic E-state index is 0.347. The van der Waals surface area contributed by atoms with Gasteiger partial charge in [-0.05, 0) is 37.1 Å². The van der Waals surface area contributed by atoms with Crippen LogP contribution in [-0.2, 0) is 9.59 Å². The van der Waals surface area contributed by atoms with E-state index >= 15 is 0 Å². The van der Waals surface area contributed by atoms with Crippen LogP contribution < -0.4 is 24.8 Å². The van der Waals surface area contributed by atoms with Crippen molar-refractivity contribution in [2.24, 2.45) is 0 Å². The molecule has 0 fully saturated rings. The zero-order valence-electron chi connectivity index (χ0n) is 15.4. The van der Waals surface area contributed by atoms with Crippen LogP contribution in [0.1, 0.15) is 11.1 Å². The predicted octanol–water partition coefficient (Wildman–Crippen LogP) is 2.91. The lowest BCUT2D eigenvalue weighted by atomic mass is 10.1. The van der Waals surface area contributed by atoms with Crippen molar-refractivity contribution in [2.75, 3.05) is 32.0 Å². The Morgan fingerprint density at radius 3 is 1.50 bits per heavy atom. The Bertz CT molecular complexity index is 787. The van der Waals surface area contributed by atoms with Gasteiger partial charge in [0.15, 0.2) is 11.5 Å². The summed E-state index contributed by atoms with van der Waals surface area (Å²) < 4.78 is 15.7. The number of ether oxygens (including phenoxy) is 3. The number of carbonyl (C=O) groups is 2. The standard InChI is InChI=1S/C19H22N2O5/c1-11-6-12(2)8-13(7-11)20-18(22)19(23)21-14-9-15(24-3)17(26-5)16(10-14)25-4/h6-10H,1-5H3,(H,20,22)(H,21,23). The van der Waals surface area contributed by atoms with Gasteiger partial charge in [-0.2, -0.15) is 0 Å². The van der Waals surface area contributed by atoms with E-state index in [1.807, 2.05) is 19.9 Å². The van der Waals surface area contributed by atoms with Gasteiger partial charge in [0.05, 0.1) is 21.3 Å². The van der Waals surface area contributed by atoms with Gasteiger partial charge in [0, 0.05) is 23.5 Å². The first-order valence-electron chi connectivity index (χ1n) is 7.88. The van der Waals surface area contributed by atoms with Crippen molar-refractivity contribution in [3.05, 3.63) is 41.5 Å². The molecule has 0 aliphatic carbocycles. The van der Waals surface area contributed by atoms with Gasteiger partial charge >= 0.3 is 11.8 Å². The topological polar surface area (TPSA) is 85.9 Å². The molecular formula is C19H22N2O5. The van der Waals surface area contributed by atoms with Gasteiger partial charge in [-0.3, -0.25) is 9.59 Å². The molecule has 0 aromatic heterocycles. The summed E-state index contributed by atoms with van der Waals surface area (Å²) in [6.45, 7) is 3.83. The van der Waals surface area contributed by atoms with Crippen molar-refractivity contribution in [3.8, 4) is 17.2 Å². The SMILES string of the molecule is COc1cc(NC(=O)C(=O)Nc2cc(C)cc(C)c2)cc(OC)c1OC. The highest BCUT2D eigenvalue weighted by Crippen LogP contribution is 2.39. The summed E-state index contributed by atoms with van der Waals surface area (Å²) in [7, 11) is 4.42. The number of hydrogen-bond acceptors (Lipinski definition) is 5. The number of aryl methyl sites for hydroxylation is 2. The molecule has 138 valence electrons. The van der Waals surface area contributed by atoms with E-state index in [0.717, 1.165) is 11.1 Å². The lowest BCUT2D eigenvalue weighted by Crippen LogP contribution is -2.29. The molecule has 2 aromatic carbocycles.